The third-order valence-electron chi connectivity index (χ3n) is 0. The zero-order valence-electron chi connectivity index (χ0n) is 1.80. The fourth-order valence-corrected chi connectivity index (χ4v) is 0. The Morgan fingerprint density at radius 1 is 1.00 bits per heavy atom. The van der Waals surface area contributed by atoms with Crippen LogP contribution in [0.5, 0.6) is 0 Å². The maximum atomic E-state index is 0. The average molecular weight is 394 g/mol. The Hall–Kier alpha value is 2.69. The molecule has 0 N–H and O–H groups in total. The van der Waals surface area contributed by atoms with E-state index >= 15 is 0 Å². The molecule has 4 heteroatoms. The first-order chi connectivity index (χ1) is 0. The Morgan fingerprint density at radius 3 is 1.00 bits per heavy atom. The summed E-state index contributed by atoms with van der Waals surface area (Å²) in [4.78, 5) is 0. The topological polar surface area (TPSA) is 0 Å². The van der Waals surface area contributed by atoms with Crippen LogP contribution in [-0.2, 0) is 0 Å². The molecule has 0 atom stereocenters. The molecule has 0 fully saturated rings. The van der Waals surface area contributed by atoms with Gasteiger partial charge in [0.1, 0.15) is 0 Å². The Bertz CT molecular complexity index is 8.00. The first-order valence-electron chi connectivity index (χ1n) is 0. The van der Waals surface area contributed by atoms with Crippen molar-refractivity contribution in [1.29, 1.82) is 0 Å². The summed E-state index contributed by atoms with van der Waals surface area (Å²) in [5.41, 5.74) is 0. The molecule has 0 spiro atoms. The van der Waals surface area contributed by atoms with Crippen LogP contribution in [0, 0.1) is 0 Å². The van der Waals surface area contributed by atoms with Crippen LogP contribution in [0.15, 0.2) is 0 Å². The van der Waals surface area contributed by atoms with Crippen molar-refractivity contribution in [2.24, 2.45) is 0 Å². The summed E-state index contributed by atoms with van der Waals surface area (Å²) in [5.74, 6) is 0. The molecular formula is AsSbSeSn. The van der Waals surface area contributed by atoms with Crippen LogP contribution >= 0.6 is 0 Å². The van der Waals surface area contributed by atoms with Gasteiger partial charge in [0.25, 0.3) is 0 Å². The van der Waals surface area contributed by atoms with Crippen molar-refractivity contribution in [2.45, 2.75) is 0 Å². The second kappa shape index (κ2) is 17.3. The first kappa shape index (κ1) is 29.9. The molecule has 0 aliphatic heterocycles. The number of hydrogen-bond donors (Lipinski definition) is 0. The van der Waals surface area contributed by atoms with Crippen molar-refractivity contribution >= 4 is 83.4 Å². The van der Waals surface area contributed by atoms with Crippen LogP contribution in [0.3, 0.4) is 0 Å². The molecule has 0 heterocycles. The van der Waals surface area contributed by atoms with E-state index in [1.54, 1.807) is 0 Å². The van der Waals surface area contributed by atoms with Crippen LogP contribution in [0.1, 0.15) is 0 Å². The smallest absolute Gasteiger partial charge is 0 e. The van der Waals surface area contributed by atoms with Crippen molar-refractivity contribution in [3.05, 3.63) is 0 Å². The van der Waals surface area contributed by atoms with Crippen molar-refractivity contribution < 1.29 is 0 Å². The van der Waals surface area contributed by atoms with E-state index in [4.69, 9.17) is 0 Å². The summed E-state index contributed by atoms with van der Waals surface area (Å²) >= 11 is 0. The molecule has 0 aromatic carbocycles. The minimum Gasteiger partial charge on any atom is 0 e. The largest absolute Gasteiger partial charge is 0 e. The molecule has 0 aromatic heterocycles. The molecule has 4 heavy (non-hydrogen) atoms. The third kappa shape index (κ3) is 8.83. The summed E-state index contributed by atoms with van der Waals surface area (Å²) < 4.78 is 0. The SMILES string of the molecule is [As].[Sb].[Se].[Sn]. The van der Waals surface area contributed by atoms with Gasteiger partial charge < -0.3 is 0 Å². The maximum absolute atomic E-state index is 0. The van der Waals surface area contributed by atoms with Gasteiger partial charge in [-0.3, -0.25) is 0 Å². The van der Waals surface area contributed by atoms with Crippen LogP contribution in [0.2, 0.25) is 0 Å². The molecule has 0 unspecified atom stereocenters. The minimum atomic E-state index is 0. The van der Waals surface area contributed by atoms with Gasteiger partial charge in [0.15, 0.2) is 0 Å². The predicted molar refractivity (Wildman–Crippen MR) is 23.0 cm³/mol. The molecular weight excluding hydrogens is 394 g/mol. The number of hydrogen-bond acceptors (Lipinski definition) is 0. The van der Waals surface area contributed by atoms with Gasteiger partial charge in [-0.1, -0.05) is 0 Å². The fourth-order valence-electron chi connectivity index (χ4n) is 0. The third-order valence-corrected chi connectivity index (χ3v) is 0. The molecule has 0 nitrogen and oxygen atoms in total. The Morgan fingerprint density at radius 2 is 1.00 bits per heavy atom. The minimum absolute atomic E-state index is 0. The fraction of sp³-hybridized carbons (Fsp3) is 0. The van der Waals surface area contributed by atoms with Gasteiger partial charge in [-0.2, -0.15) is 0 Å². The molecule has 20 valence electrons. The Balaban J connectivity index is 0. The summed E-state index contributed by atoms with van der Waals surface area (Å²) in [6.45, 7) is 0. The van der Waals surface area contributed by atoms with Crippen LogP contribution < -0.4 is 0 Å². The Kier molecular flexibility index (Phi) is 129. The van der Waals surface area contributed by atoms with Crippen LogP contribution in [-0.4, -0.2) is 83.4 Å². The van der Waals surface area contributed by atoms with E-state index in [1.165, 1.54) is 0 Å². The second-order valence-electron chi connectivity index (χ2n) is 0. The van der Waals surface area contributed by atoms with Gasteiger partial charge in [-0.25, -0.2) is 0 Å². The second-order valence-corrected chi connectivity index (χ2v) is 0. The molecule has 0 saturated carbocycles. The standard InChI is InChI=1S/As.Sb.Se.Sn. The molecule has 0 saturated heterocycles. The van der Waals surface area contributed by atoms with Crippen LogP contribution in [0.4, 0.5) is 0 Å². The first-order valence-corrected chi connectivity index (χ1v) is 0. The van der Waals surface area contributed by atoms with E-state index in [9.17, 15) is 0 Å². The van der Waals surface area contributed by atoms with Crippen molar-refractivity contribution in [3.63, 3.8) is 0 Å². The van der Waals surface area contributed by atoms with Crippen molar-refractivity contribution in [1.82, 2.24) is 0 Å². The van der Waals surface area contributed by atoms with Gasteiger partial charge in [-0.15, -0.1) is 0 Å². The van der Waals surface area contributed by atoms with Crippen LogP contribution in [0.25, 0.3) is 0 Å². The van der Waals surface area contributed by atoms with E-state index in [-0.39, 0.29) is 83.4 Å². The summed E-state index contributed by atoms with van der Waals surface area (Å²) in [6, 6.07) is 0. The normalized spacial score (nSPS) is 0. The summed E-state index contributed by atoms with van der Waals surface area (Å²) in [6.07, 6.45) is 0. The molecule has 0 amide bonds. The van der Waals surface area contributed by atoms with E-state index in [0.29, 0.717) is 0 Å². The summed E-state index contributed by atoms with van der Waals surface area (Å²) in [5, 5.41) is 0. The molecule has 12 radical (unpaired) electrons. The van der Waals surface area contributed by atoms with Crippen molar-refractivity contribution in [3.8, 4) is 0 Å². The quantitative estimate of drug-likeness (QED) is 0.438. The molecule has 0 aliphatic carbocycles. The predicted octanol–water partition coefficient (Wildman–Crippen LogP) is -1.52. The van der Waals surface area contributed by atoms with Crippen molar-refractivity contribution in [2.75, 3.05) is 0 Å². The van der Waals surface area contributed by atoms with Gasteiger partial charge in [0, 0.05) is 83.4 Å². The monoisotopic (exact) mass is 396 g/mol. The van der Waals surface area contributed by atoms with Gasteiger partial charge in [0.2, 0.25) is 0 Å². The van der Waals surface area contributed by atoms with Gasteiger partial charge in [-0.05, 0) is 0 Å². The van der Waals surface area contributed by atoms with Gasteiger partial charge >= 0.3 is 0 Å². The van der Waals surface area contributed by atoms with E-state index in [1.807, 2.05) is 0 Å². The molecule has 0 bridgehead atoms. The molecule has 0 aromatic rings. The zero-order chi connectivity index (χ0) is 0. The molecule has 0 aliphatic rings. The van der Waals surface area contributed by atoms with E-state index in [2.05, 4.69) is 0 Å². The average Bonchev–Trinajstić information content (AvgIpc) is 0. The van der Waals surface area contributed by atoms with Gasteiger partial charge in [0.05, 0.1) is 0 Å². The van der Waals surface area contributed by atoms with E-state index < -0.39 is 0 Å². The maximum Gasteiger partial charge on any atom is 0 e. The number of rotatable bonds is 0. The van der Waals surface area contributed by atoms with E-state index in [0.717, 1.165) is 0 Å². The molecule has 0 rings (SSSR count). The zero-order valence-corrected chi connectivity index (χ0v) is 10.8. The Labute approximate surface area is 82.0 Å². The summed E-state index contributed by atoms with van der Waals surface area (Å²) in [7, 11) is 0.